The van der Waals surface area contributed by atoms with Gasteiger partial charge in [-0.25, -0.2) is 9.18 Å². The van der Waals surface area contributed by atoms with Gasteiger partial charge in [0.25, 0.3) is 5.91 Å². The quantitative estimate of drug-likeness (QED) is 0.801. The number of rotatable bonds is 6. The van der Waals surface area contributed by atoms with Crippen molar-refractivity contribution in [3.05, 3.63) is 35.6 Å². The van der Waals surface area contributed by atoms with Gasteiger partial charge in [0.05, 0.1) is 0 Å². The number of halogens is 1. The van der Waals surface area contributed by atoms with E-state index in [1.165, 1.54) is 12.1 Å². The SMILES string of the molecule is O=C(COC(=O)[C@@H]1CCCO1)NCCc1ccc(F)cc1. The van der Waals surface area contributed by atoms with Crippen molar-refractivity contribution in [3.8, 4) is 0 Å². The molecule has 0 spiro atoms. The average molecular weight is 295 g/mol. The van der Waals surface area contributed by atoms with E-state index in [1.807, 2.05) is 0 Å². The van der Waals surface area contributed by atoms with Crippen LogP contribution in [0, 0.1) is 5.82 Å². The highest BCUT2D eigenvalue weighted by Gasteiger charge is 2.25. The van der Waals surface area contributed by atoms with Crippen LogP contribution in [0.4, 0.5) is 4.39 Å². The van der Waals surface area contributed by atoms with E-state index in [2.05, 4.69) is 5.32 Å². The van der Waals surface area contributed by atoms with Crippen molar-refractivity contribution < 1.29 is 23.5 Å². The third kappa shape index (κ3) is 5.15. The Labute approximate surface area is 122 Å². The molecule has 0 bridgehead atoms. The van der Waals surface area contributed by atoms with Gasteiger partial charge in [-0.2, -0.15) is 0 Å². The standard InChI is InChI=1S/C15H18FNO4/c16-12-5-3-11(4-6-12)7-8-17-14(18)10-21-15(19)13-2-1-9-20-13/h3-6,13H,1-2,7-10H2,(H,17,18)/t13-/m0/s1. The first-order valence-electron chi connectivity index (χ1n) is 6.94. The molecule has 6 heteroatoms. The Morgan fingerprint density at radius 1 is 1.33 bits per heavy atom. The van der Waals surface area contributed by atoms with Crippen LogP contribution < -0.4 is 5.32 Å². The first-order chi connectivity index (χ1) is 10.1. The van der Waals surface area contributed by atoms with Crippen molar-refractivity contribution in [3.63, 3.8) is 0 Å². The molecule has 1 aliphatic heterocycles. The number of carbonyl (C=O) groups is 2. The van der Waals surface area contributed by atoms with Crippen molar-refractivity contribution in [1.82, 2.24) is 5.32 Å². The molecule has 0 saturated carbocycles. The zero-order chi connectivity index (χ0) is 15.1. The highest BCUT2D eigenvalue weighted by Crippen LogP contribution is 2.13. The molecule has 1 amide bonds. The minimum Gasteiger partial charge on any atom is -0.454 e. The molecule has 1 aromatic carbocycles. The van der Waals surface area contributed by atoms with E-state index in [4.69, 9.17) is 9.47 Å². The van der Waals surface area contributed by atoms with Gasteiger partial charge >= 0.3 is 5.97 Å². The number of ether oxygens (including phenoxy) is 2. The van der Waals surface area contributed by atoms with Crippen molar-refractivity contribution in [2.45, 2.75) is 25.4 Å². The fraction of sp³-hybridized carbons (Fsp3) is 0.467. The number of esters is 1. The van der Waals surface area contributed by atoms with E-state index >= 15 is 0 Å². The normalized spacial score (nSPS) is 17.5. The number of hydrogen-bond donors (Lipinski definition) is 1. The van der Waals surface area contributed by atoms with E-state index in [9.17, 15) is 14.0 Å². The van der Waals surface area contributed by atoms with Crippen LogP contribution in [0.5, 0.6) is 0 Å². The van der Waals surface area contributed by atoms with Gasteiger partial charge in [-0.3, -0.25) is 4.79 Å². The Hall–Kier alpha value is -1.95. The lowest BCUT2D eigenvalue weighted by molar-refractivity contribution is -0.157. The van der Waals surface area contributed by atoms with Crippen molar-refractivity contribution >= 4 is 11.9 Å². The Bertz CT molecular complexity index is 483. The average Bonchev–Trinajstić information content (AvgIpc) is 3.01. The van der Waals surface area contributed by atoms with Crippen molar-refractivity contribution in [2.24, 2.45) is 0 Å². The minimum atomic E-state index is -0.531. The predicted octanol–water partition coefficient (Wildman–Crippen LogP) is 1.21. The number of carbonyl (C=O) groups excluding carboxylic acids is 2. The maximum Gasteiger partial charge on any atom is 0.335 e. The molecule has 1 aliphatic rings. The summed E-state index contributed by atoms with van der Waals surface area (Å²) in [6.07, 6.45) is 1.54. The summed E-state index contributed by atoms with van der Waals surface area (Å²) >= 11 is 0. The molecule has 0 unspecified atom stereocenters. The van der Waals surface area contributed by atoms with Crippen LogP contribution in [0.15, 0.2) is 24.3 Å². The minimum absolute atomic E-state index is 0.288. The molecule has 1 atom stereocenters. The fourth-order valence-corrected chi connectivity index (χ4v) is 2.04. The molecule has 21 heavy (non-hydrogen) atoms. The summed E-state index contributed by atoms with van der Waals surface area (Å²) in [4.78, 5) is 23.0. The lowest BCUT2D eigenvalue weighted by Crippen LogP contribution is -2.32. The van der Waals surface area contributed by atoms with Gasteiger partial charge in [0.1, 0.15) is 5.82 Å². The molecule has 1 fully saturated rings. The van der Waals surface area contributed by atoms with Crippen LogP contribution in [-0.4, -0.2) is 37.7 Å². The number of nitrogens with one attached hydrogen (secondary N) is 1. The van der Waals surface area contributed by atoms with Crippen LogP contribution in [0.3, 0.4) is 0 Å². The highest BCUT2D eigenvalue weighted by atomic mass is 19.1. The first kappa shape index (κ1) is 15.4. The van der Waals surface area contributed by atoms with Gasteiger partial charge in [0.15, 0.2) is 12.7 Å². The summed E-state index contributed by atoms with van der Waals surface area (Å²) in [5.74, 6) is -1.13. The Kier molecular flexibility index (Phi) is 5.68. The smallest absolute Gasteiger partial charge is 0.335 e. The van der Waals surface area contributed by atoms with Crippen LogP contribution in [0.1, 0.15) is 18.4 Å². The van der Waals surface area contributed by atoms with E-state index in [0.29, 0.717) is 26.0 Å². The molecule has 1 N–H and O–H groups in total. The predicted molar refractivity (Wildman–Crippen MR) is 73.0 cm³/mol. The monoisotopic (exact) mass is 295 g/mol. The maximum absolute atomic E-state index is 12.7. The fourth-order valence-electron chi connectivity index (χ4n) is 2.04. The zero-order valence-electron chi connectivity index (χ0n) is 11.6. The van der Waals surface area contributed by atoms with Gasteiger partial charge in [-0.1, -0.05) is 12.1 Å². The topological polar surface area (TPSA) is 64.6 Å². The molecular formula is C15H18FNO4. The third-order valence-corrected chi connectivity index (χ3v) is 3.19. The third-order valence-electron chi connectivity index (χ3n) is 3.19. The molecule has 5 nitrogen and oxygen atoms in total. The largest absolute Gasteiger partial charge is 0.454 e. The highest BCUT2D eigenvalue weighted by molar-refractivity contribution is 5.82. The molecule has 0 aromatic heterocycles. The summed E-state index contributed by atoms with van der Waals surface area (Å²) in [5, 5.41) is 2.64. The summed E-state index contributed by atoms with van der Waals surface area (Å²) < 4.78 is 22.8. The van der Waals surface area contributed by atoms with Gasteiger partial charge < -0.3 is 14.8 Å². The van der Waals surface area contributed by atoms with Gasteiger partial charge in [0.2, 0.25) is 0 Å². The molecular weight excluding hydrogens is 277 g/mol. The number of hydrogen-bond acceptors (Lipinski definition) is 4. The van der Waals surface area contributed by atoms with E-state index < -0.39 is 12.1 Å². The number of amides is 1. The number of benzene rings is 1. The van der Waals surface area contributed by atoms with E-state index in [0.717, 1.165) is 12.0 Å². The maximum atomic E-state index is 12.7. The van der Waals surface area contributed by atoms with Crippen molar-refractivity contribution in [2.75, 3.05) is 19.8 Å². The molecule has 2 rings (SSSR count). The molecule has 0 radical (unpaired) electrons. The molecule has 1 saturated heterocycles. The second kappa shape index (κ2) is 7.73. The summed E-state index contributed by atoms with van der Waals surface area (Å²) in [6, 6.07) is 6.08. The molecule has 0 aliphatic carbocycles. The first-order valence-corrected chi connectivity index (χ1v) is 6.94. The molecule has 1 aromatic rings. The second-order valence-corrected chi connectivity index (χ2v) is 4.84. The Balaban J connectivity index is 1.61. The van der Waals surface area contributed by atoms with Crippen LogP contribution in [-0.2, 0) is 25.5 Å². The van der Waals surface area contributed by atoms with Crippen LogP contribution in [0.2, 0.25) is 0 Å². The summed E-state index contributed by atoms with van der Waals surface area (Å²) in [6.45, 7) is 0.660. The molecule has 114 valence electrons. The van der Waals surface area contributed by atoms with Crippen LogP contribution in [0.25, 0.3) is 0 Å². The molecule has 1 heterocycles. The lowest BCUT2D eigenvalue weighted by atomic mass is 10.1. The van der Waals surface area contributed by atoms with Crippen molar-refractivity contribution in [1.29, 1.82) is 0 Å². The van der Waals surface area contributed by atoms with E-state index in [1.54, 1.807) is 12.1 Å². The summed E-state index contributed by atoms with van der Waals surface area (Å²) in [5.41, 5.74) is 0.924. The summed E-state index contributed by atoms with van der Waals surface area (Å²) in [7, 11) is 0. The van der Waals surface area contributed by atoms with Gasteiger partial charge in [-0.15, -0.1) is 0 Å². The zero-order valence-corrected chi connectivity index (χ0v) is 11.6. The second-order valence-electron chi connectivity index (χ2n) is 4.84. The van der Waals surface area contributed by atoms with Gasteiger partial charge in [0, 0.05) is 13.2 Å². The lowest BCUT2D eigenvalue weighted by Gasteiger charge is -2.10. The Morgan fingerprint density at radius 3 is 2.76 bits per heavy atom. The Morgan fingerprint density at radius 2 is 2.10 bits per heavy atom. The van der Waals surface area contributed by atoms with Gasteiger partial charge in [-0.05, 0) is 37.0 Å². The van der Waals surface area contributed by atoms with Crippen LogP contribution >= 0.6 is 0 Å². The van der Waals surface area contributed by atoms with E-state index in [-0.39, 0.29) is 18.3 Å².